The second kappa shape index (κ2) is 9.81. The third-order valence-corrected chi connectivity index (χ3v) is 3.51. The van der Waals surface area contributed by atoms with Crippen molar-refractivity contribution in [3.8, 4) is 0 Å². The molecule has 3 N–H and O–H groups in total. The molecule has 8 heteroatoms. The van der Waals surface area contributed by atoms with Crippen LogP contribution in [0.3, 0.4) is 0 Å². The Balaban J connectivity index is 2.48. The predicted octanol–water partition coefficient (Wildman–Crippen LogP) is -0.381. The van der Waals surface area contributed by atoms with Gasteiger partial charge in [-0.1, -0.05) is 6.92 Å². The normalized spacial score (nSPS) is 18.5. The van der Waals surface area contributed by atoms with Crippen LogP contribution in [0.25, 0.3) is 0 Å². The maximum atomic E-state index is 11.9. The van der Waals surface area contributed by atoms with Crippen molar-refractivity contribution in [2.45, 2.75) is 58.0 Å². The highest BCUT2D eigenvalue weighted by molar-refractivity contribution is 5.88. The van der Waals surface area contributed by atoms with Gasteiger partial charge in [-0.05, 0) is 26.2 Å². The van der Waals surface area contributed by atoms with Gasteiger partial charge in [0.25, 0.3) is 0 Å². The van der Waals surface area contributed by atoms with Crippen molar-refractivity contribution >= 4 is 23.7 Å². The number of ether oxygens (including phenoxy) is 1. The van der Waals surface area contributed by atoms with Crippen LogP contribution in [0.5, 0.6) is 0 Å². The lowest BCUT2D eigenvalue weighted by Gasteiger charge is -2.23. The van der Waals surface area contributed by atoms with Crippen LogP contribution in [0, 0.1) is 0 Å². The molecule has 1 rings (SSSR count). The SMILES string of the molecule is CCOC(=O)[C@H](CCC(=O)N[C@@H]1CCCNC1=O)NC(=O)CC. The molecule has 0 aromatic carbocycles. The number of carbonyl (C=O) groups excluding carboxylic acids is 4. The third-order valence-electron chi connectivity index (χ3n) is 3.51. The lowest BCUT2D eigenvalue weighted by molar-refractivity contribution is -0.147. The molecule has 0 spiro atoms. The fourth-order valence-corrected chi connectivity index (χ4v) is 2.24. The number of carbonyl (C=O) groups is 4. The predicted molar refractivity (Wildman–Crippen MR) is 82.3 cm³/mol. The fourth-order valence-electron chi connectivity index (χ4n) is 2.24. The second-order valence-corrected chi connectivity index (χ2v) is 5.32. The van der Waals surface area contributed by atoms with E-state index >= 15 is 0 Å². The van der Waals surface area contributed by atoms with Crippen LogP contribution < -0.4 is 16.0 Å². The molecular weight excluding hydrogens is 302 g/mol. The van der Waals surface area contributed by atoms with Crippen molar-refractivity contribution in [3.05, 3.63) is 0 Å². The van der Waals surface area contributed by atoms with E-state index in [4.69, 9.17) is 4.74 Å². The summed E-state index contributed by atoms with van der Waals surface area (Å²) in [6.45, 7) is 4.17. The van der Waals surface area contributed by atoms with Gasteiger partial charge in [0.1, 0.15) is 12.1 Å². The largest absolute Gasteiger partial charge is 0.464 e. The first-order valence-electron chi connectivity index (χ1n) is 8.01. The lowest BCUT2D eigenvalue weighted by atomic mass is 10.1. The molecule has 3 amide bonds. The molecular formula is C15H25N3O5. The molecule has 8 nitrogen and oxygen atoms in total. The van der Waals surface area contributed by atoms with Gasteiger partial charge in [-0.25, -0.2) is 4.79 Å². The Kier molecular flexibility index (Phi) is 8.07. The molecule has 1 fully saturated rings. The van der Waals surface area contributed by atoms with E-state index in [0.29, 0.717) is 13.0 Å². The van der Waals surface area contributed by atoms with Gasteiger partial charge in [-0.2, -0.15) is 0 Å². The first-order chi connectivity index (χ1) is 11.0. The fraction of sp³-hybridized carbons (Fsp3) is 0.733. The highest BCUT2D eigenvalue weighted by Crippen LogP contribution is 2.06. The molecule has 2 atom stereocenters. The summed E-state index contributed by atoms with van der Waals surface area (Å²) in [5, 5.41) is 7.88. The highest BCUT2D eigenvalue weighted by Gasteiger charge is 2.26. The minimum absolute atomic E-state index is 0.0251. The van der Waals surface area contributed by atoms with Crippen LogP contribution in [-0.4, -0.2) is 48.9 Å². The number of amides is 3. The molecule has 0 aliphatic carbocycles. The van der Waals surface area contributed by atoms with E-state index in [0.717, 1.165) is 6.42 Å². The molecule has 0 aromatic rings. The molecule has 1 aliphatic rings. The summed E-state index contributed by atoms with van der Waals surface area (Å²) in [7, 11) is 0. The van der Waals surface area contributed by atoms with Crippen molar-refractivity contribution in [2.24, 2.45) is 0 Å². The zero-order valence-electron chi connectivity index (χ0n) is 13.6. The van der Waals surface area contributed by atoms with Crippen molar-refractivity contribution in [1.29, 1.82) is 0 Å². The van der Waals surface area contributed by atoms with Gasteiger partial charge < -0.3 is 20.7 Å². The minimum atomic E-state index is -0.853. The van der Waals surface area contributed by atoms with Gasteiger partial charge in [0, 0.05) is 19.4 Å². The molecule has 0 radical (unpaired) electrons. The highest BCUT2D eigenvalue weighted by atomic mass is 16.5. The molecule has 0 bridgehead atoms. The van der Waals surface area contributed by atoms with Gasteiger partial charge in [-0.15, -0.1) is 0 Å². The summed E-state index contributed by atoms with van der Waals surface area (Å²) in [6.07, 6.45) is 1.81. The van der Waals surface area contributed by atoms with Crippen LogP contribution >= 0.6 is 0 Å². The van der Waals surface area contributed by atoms with Gasteiger partial charge in [-0.3, -0.25) is 14.4 Å². The van der Waals surface area contributed by atoms with Crippen LogP contribution in [-0.2, 0) is 23.9 Å². The van der Waals surface area contributed by atoms with Gasteiger partial charge >= 0.3 is 5.97 Å². The number of rotatable bonds is 8. The van der Waals surface area contributed by atoms with Gasteiger partial charge in [0.05, 0.1) is 6.61 Å². The van der Waals surface area contributed by atoms with Crippen LogP contribution in [0.4, 0.5) is 0 Å². The van der Waals surface area contributed by atoms with Crippen LogP contribution in [0.15, 0.2) is 0 Å². The van der Waals surface area contributed by atoms with E-state index in [1.54, 1.807) is 13.8 Å². The molecule has 0 saturated carbocycles. The van der Waals surface area contributed by atoms with Crippen LogP contribution in [0.2, 0.25) is 0 Å². The Morgan fingerprint density at radius 1 is 1.30 bits per heavy atom. The first-order valence-corrected chi connectivity index (χ1v) is 8.01. The topological polar surface area (TPSA) is 114 Å². The van der Waals surface area contributed by atoms with E-state index in [2.05, 4.69) is 16.0 Å². The molecule has 23 heavy (non-hydrogen) atoms. The molecule has 0 aromatic heterocycles. The van der Waals surface area contributed by atoms with Crippen molar-refractivity contribution in [3.63, 3.8) is 0 Å². The summed E-state index contributed by atoms with van der Waals surface area (Å²) in [5.41, 5.74) is 0. The monoisotopic (exact) mass is 327 g/mol. The summed E-state index contributed by atoms with van der Waals surface area (Å²) in [5.74, 6) is -1.36. The van der Waals surface area contributed by atoms with E-state index < -0.39 is 18.1 Å². The number of nitrogens with one attached hydrogen (secondary N) is 3. The average molecular weight is 327 g/mol. The minimum Gasteiger partial charge on any atom is -0.464 e. The van der Waals surface area contributed by atoms with Crippen molar-refractivity contribution < 1.29 is 23.9 Å². The second-order valence-electron chi connectivity index (χ2n) is 5.32. The van der Waals surface area contributed by atoms with E-state index in [9.17, 15) is 19.2 Å². The summed E-state index contributed by atoms with van der Waals surface area (Å²) >= 11 is 0. The number of piperidine rings is 1. The number of hydrogen-bond acceptors (Lipinski definition) is 5. The number of hydrogen-bond donors (Lipinski definition) is 3. The molecule has 1 aliphatic heterocycles. The molecule has 1 heterocycles. The smallest absolute Gasteiger partial charge is 0.328 e. The third kappa shape index (κ3) is 6.66. The van der Waals surface area contributed by atoms with Crippen molar-refractivity contribution in [1.82, 2.24) is 16.0 Å². The lowest BCUT2D eigenvalue weighted by Crippen LogP contribution is -2.50. The summed E-state index contributed by atoms with van der Waals surface area (Å²) in [6, 6.07) is -1.38. The Morgan fingerprint density at radius 3 is 2.65 bits per heavy atom. The van der Waals surface area contributed by atoms with E-state index in [1.165, 1.54) is 0 Å². The summed E-state index contributed by atoms with van der Waals surface area (Å²) in [4.78, 5) is 46.8. The van der Waals surface area contributed by atoms with E-state index in [-0.39, 0.29) is 43.6 Å². The first kappa shape index (κ1) is 18.9. The Labute approximate surface area is 135 Å². The van der Waals surface area contributed by atoms with E-state index in [1.807, 2.05) is 0 Å². The molecule has 0 unspecified atom stereocenters. The zero-order chi connectivity index (χ0) is 17.2. The maximum Gasteiger partial charge on any atom is 0.328 e. The Morgan fingerprint density at radius 2 is 2.04 bits per heavy atom. The van der Waals surface area contributed by atoms with Gasteiger partial charge in [0.2, 0.25) is 17.7 Å². The van der Waals surface area contributed by atoms with Gasteiger partial charge in [0.15, 0.2) is 0 Å². The van der Waals surface area contributed by atoms with Crippen molar-refractivity contribution in [2.75, 3.05) is 13.2 Å². The standard InChI is InChI=1S/C15H25N3O5/c1-3-12(19)18-11(15(22)23-4-2)7-8-13(20)17-10-6-5-9-16-14(10)21/h10-11H,3-9H2,1-2H3,(H,16,21)(H,17,20)(H,18,19)/t10-,11+/m1/s1. The zero-order valence-corrected chi connectivity index (χ0v) is 13.6. The summed E-state index contributed by atoms with van der Waals surface area (Å²) < 4.78 is 4.90. The number of esters is 1. The molecule has 1 saturated heterocycles. The molecule has 130 valence electrons. The average Bonchev–Trinajstić information content (AvgIpc) is 2.53. The Hall–Kier alpha value is -2.12. The maximum absolute atomic E-state index is 11.9. The van der Waals surface area contributed by atoms with Crippen LogP contribution in [0.1, 0.15) is 46.0 Å². The quantitative estimate of drug-likeness (QED) is 0.526. The Bertz CT molecular complexity index is 452.